The summed E-state index contributed by atoms with van der Waals surface area (Å²) in [4.78, 5) is 4.94. The average Bonchev–Trinajstić information content (AvgIpc) is 3.03. The number of benzene rings is 1. The molecule has 3 nitrogen and oxygen atoms in total. The first-order chi connectivity index (χ1) is 14.3. The van der Waals surface area contributed by atoms with Gasteiger partial charge in [0, 0.05) is 11.1 Å². The molecule has 1 aromatic carbocycles. The summed E-state index contributed by atoms with van der Waals surface area (Å²) in [5.74, 6) is 1.93. The van der Waals surface area contributed by atoms with Gasteiger partial charge in [0.2, 0.25) is 0 Å². The summed E-state index contributed by atoms with van der Waals surface area (Å²) < 4.78 is 44.2. The minimum Gasteiger partial charge on any atom is -0.232 e. The number of hydrogen-bond acceptors (Lipinski definition) is 2. The van der Waals surface area contributed by atoms with Gasteiger partial charge < -0.3 is 0 Å². The van der Waals surface area contributed by atoms with Gasteiger partial charge in [-0.05, 0) is 81.4 Å². The summed E-state index contributed by atoms with van der Waals surface area (Å²) in [5, 5.41) is 4.60. The van der Waals surface area contributed by atoms with E-state index in [1.54, 1.807) is 11.6 Å². The number of aryl methyl sites for hydroxylation is 1. The molecule has 4 fully saturated rings. The van der Waals surface area contributed by atoms with Crippen molar-refractivity contribution in [1.82, 2.24) is 14.8 Å². The van der Waals surface area contributed by atoms with Crippen LogP contribution in [0.5, 0.6) is 0 Å². The lowest BCUT2D eigenvalue weighted by Crippen LogP contribution is -2.49. The van der Waals surface area contributed by atoms with Crippen LogP contribution < -0.4 is 0 Å². The van der Waals surface area contributed by atoms with E-state index < -0.39 is 11.7 Å². The smallest absolute Gasteiger partial charge is 0.232 e. The third-order valence-corrected chi connectivity index (χ3v) is 7.70. The van der Waals surface area contributed by atoms with Gasteiger partial charge in [-0.1, -0.05) is 18.2 Å². The number of nitrogens with zero attached hydrogens (tertiary/aromatic N) is 3. The molecule has 2 aromatic heterocycles. The highest BCUT2D eigenvalue weighted by molar-refractivity contribution is 5.84. The van der Waals surface area contributed by atoms with Crippen LogP contribution >= 0.6 is 0 Å². The number of para-hydroxylation sites is 1. The Labute approximate surface area is 173 Å². The number of rotatable bonds is 2. The standard InChI is InChI=1S/C24H24F3N3/c1-14-21-19(24(25,26)27)10-20(23-11-15-7-16(12-23)9-17(8-15)13-23)28-22(21)30(29-14)18-5-3-2-4-6-18/h2-6,10,15-17H,7-9,11-13H2,1H3. The van der Waals surface area contributed by atoms with Gasteiger partial charge in [-0.15, -0.1) is 0 Å². The van der Waals surface area contributed by atoms with Crippen molar-refractivity contribution in [2.75, 3.05) is 0 Å². The molecular weight excluding hydrogens is 387 g/mol. The number of aromatic nitrogens is 3. The van der Waals surface area contributed by atoms with Gasteiger partial charge in [-0.3, -0.25) is 0 Å². The fourth-order valence-electron chi connectivity index (χ4n) is 6.96. The minimum absolute atomic E-state index is 0.125. The van der Waals surface area contributed by atoms with Crippen LogP contribution in [-0.4, -0.2) is 14.8 Å². The van der Waals surface area contributed by atoms with Crippen LogP contribution in [0.1, 0.15) is 55.5 Å². The van der Waals surface area contributed by atoms with Crippen molar-refractivity contribution in [3.63, 3.8) is 0 Å². The molecule has 30 heavy (non-hydrogen) atoms. The predicted octanol–water partition coefficient (Wildman–Crippen LogP) is 6.22. The van der Waals surface area contributed by atoms with Crippen LogP contribution in [0.2, 0.25) is 0 Å². The first-order valence-electron chi connectivity index (χ1n) is 10.9. The van der Waals surface area contributed by atoms with E-state index in [2.05, 4.69) is 5.10 Å². The lowest BCUT2D eigenvalue weighted by atomic mass is 9.48. The van der Waals surface area contributed by atoms with E-state index in [9.17, 15) is 13.2 Å². The summed E-state index contributed by atoms with van der Waals surface area (Å²) in [6.07, 6.45) is 2.24. The molecule has 7 rings (SSSR count). The number of alkyl halides is 3. The van der Waals surface area contributed by atoms with Gasteiger partial charge in [-0.25, -0.2) is 9.67 Å². The maximum atomic E-state index is 14.2. The topological polar surface area (TPSA) is 30.7 Å². The molecule has 0 spiro atoms. The molecule has 6 heteroatoms. The van der Waals surface area contributed by atoms with Crippen molar-refractivity contribution in [3.8, 4) is 5.69 Å². The molecular formula is C24H24F3N3. The first-order valence-corrected chi connectivity index (χ1v) is 10.9. The van der Waals surface area contributed by atoms with Crippen LogP contribution in [0.4, 0.5) is 13.2 Å². The van der Waals surface area contributed by atoms with Crippen molar-refractivity contribution in [3.05, 3.63) is 53.3 Å². The van der Waals surface area contributed by atoms with Crippen LogP contribution in [0.25, 0.3) is 16.7 Å². The number of hydrogen-bond donors (Lipinski definition) is 0. The normalized spacial score (nSPS) is 30.3. The molecule has 0 atom stereocenters. The summed E-state index contributed by atoms with van der Waals surface area (Å²) in [6.45, 7) is 1.64. The van der Waals surface area contributed by atoms with E-state index in [1.807, 2.05) is 30.3 Å². The molecule has 0 N–H and O–H groups in total. The molecule has 156 valence electrons. The summed E-state index contributed by atoms with van der Waals surface area (Å²) in [5.41, 5.74) is 1.28. The molecule has 4 aliphatic rings. The van der Waals surface area contributed by atoms with Gasteiger partial charge >= 0.3 is 6.18 Å². The van der Waals surface area contributed by atoms with Crippen molar-refractivity contribution in [1.29, 1.82) is 0 Å². The maximum absolute atomic E-state index is 14.2. The van der Waals surface area contributed by atoms with Crippen LogP contribution in [0.3, 0.4) is 0 Å². The average molecular weight is 411 g/mol. The Hall–Kier alpha value is -2.37. The zero-order valence-corrected chi connectivity index (χ0v) is 16.9. The molecule has 4 aliphatic carbocycles. The van der Waals surface area contributed by atoms with Crippen molar-refractivity contribution >= 4 is 11.0 Å². The summed E-state index contributed by atoms with van der Waals surface area (Å²) in [6, 6.07) is 10.7. The molecule has 0 unspecified atom stereocenters. The largest absolute Gasteiger partial charge is 0.417 e. The maximum Gasteiger partial charge on any atom is 0.417 e. The first kappa shape index (κ1) is 18.4. The highest BCUT2D eigenvalue weighted by Crippen LogP contribution is 2.60. The molecule has 0 aliphatic heterocycles. The Kier molecular flexibility index (Phi) is 3.73. The third-order valence-electron chi connectivity index (χ3n) is 7.70. The second-order valence-corrected chi connectivity index (χ2v) is 9.78. The predicted molar refractivity (Wildman–Crippen MR) is 108 cm³/mol. The minimum atomic E-state index is -4.44. The van der Waals surface area contributed by atoms with E-state index in [4.69, 9.17) is 4.98 Å². The Morgan fingerprint density at radius 1 is 0.967 bits per heavy atom. The Balaban J connectivity index is 1.61. The SMILES string of the molecule is Cc1nn(-c2ccccc2)c2nc(C34CC5CC(CC(C5)C3)C4)cc(C(F)(F)F)c12. The second kappa shape index (κ2) is 6.08. The molecule has 4 bridgehead atoms. The van der Waals surface area contributed by atoms with E-state index in [-0.39, 0.29) is 10.8 Å². The van der Waals surface area contributed by atoms with Gasteiger partial charge in [-0.2, -0.15) is 18.3 Å². The lowest BCUT2D eigenvalue weighted by Gasteiger charge is -2.56. The van der Waals surface area contributed by atoms with E-state index in [1.165, 1.54) is 25.3 Å². The van der Waals surface area contributed by atoms with Gasteiger partial charge in [0.25, 0.3) is 0 Å². The molecule has 2 heterocycles. The Bertz CT molecular complexity index is 1090. The molecule has 0 saturated heterocycles. The zero-order valence-electron chi connectivity index (χ0n) is 16.9. The van der Waals surface area contributed by atoms with Crippen LogP contribution in [0.15, 0.2) is 36.4 Å². The quantitative estimate of drug-likeness (QED) is 0.501. The molecule has 4 saturated carbocycles. The zero-order chi connectivity index (χ0) is 20.7. The van der Waals surface area contributed by atoms with Gasteiger partial charge in [0.15, 0.2) is 5.65 Å². The van der Waals surface area contributed by atoms with Crippen LogP contribution in [0, 0.1) is 24.7 Å². The van der Waals surface area contributed by atoms with Crippen LogP contribution in [-0.2, 0) is 11.6 Å². The molecule has 0 radical (unpaired) electrons. The fraction of sp³-hybridized carbons (Fsp3) is 0.500. The van der Waals surface area contributed by atoms with Gasteiger partial charge in [0.05, 0.1) is 22.3 Å². The monoisotopic (exact) mass is 411 g/mol. The molecule has 3 aromatic rings. The van der Waals surface area contributed by atoms with Crippen molar-refractivity contribution < 1.29 is 13.2 Å². The number of halogens is 3. The highest BCUT2D eigenvalue weighted by Gasteiger charge is 2.53. The Morgan fingerprint density at radius 3 is 2.13 bits per heavy atom. The van der Waals surface area contributed by atoms with E-state index >= 15 is 0 Å². The van der Waals surface area contributed by atoms with Crippen molar-refractivity contribution in [2.45, 2.75) is 57.0 Å². The highest BCUT2D eigenvalue weighted by atomic mass is 19.4. The number of fused-ring (bicyclic) bond motifs is 1. The number of pyridine rings is 1. The fourth-order valence-corrected chi connectivity index (χ4v) is 6.96. The molecule has 0 amide bonds. The van der Waals surface area contributed by atoms with E-state index in [0.29, 0.717) is 34.8 Å². The van der Waals surface area contributed by atoms with Gasteiger partial charge in [0.1, 0.15) is 0 Å². The second-order valence-electron chi connectivity index (χ2n) is 9.78. The Morgan fingerprint density at radius 2 is 1.57 bits per heavy atom. The van der Waals surface area contributed by atoms with E-state index in [0.717, 1.165) is 24.9 Å². The summed E-state index contributed by atoms with van der Waals surface area (Å²) in [7, 11) is 0. The third kappa shape index (κ3) is 2.65. The summed E-state index contributed by atoms with van der Waals surface area (Å²) >= 11 is 0. The lowest BCUT2D eigenvalue weighted by molar-refractivity contribution is -0.136. The van der Waals surface area contributed by atoms with Crippen molar-refractivity contribution in [2.24, 2.45) is 17.8 Å².